The lowest BCUT2D eigenvalue weighted by Crippen LogP contribution is -2.33. The number of ketones is 1. The normalized spacial score (nSPS) is 13.1. The van der Waals surface area contributed by atoms with Gasteiger partial charge in [-0.25, -0.2) is 0 Å². The molecule has 0 radical (unpaired) electrons. The quantitative estimate of drug-likeness (QED) is 0.512. The van der Waals surface area contributed by atoms with Gasteiger partial charge in [0, 0.05) is 24.6 Å². The van der Waals surface area contributed by atoms with Crippen LogP contribution in [0.15, 0.2) is 78.9 Å². The minimum Gasteiger partial charge on any atom is -0.508 e. The highest BCUT2D eigenvalue weighted by Gasteiger charge is 2.16. The molecule has 0 saturated heterocycles. The first-order chi connectivity index (χ1) is 13.5. The molecule has 4 heteroatoms. The monoisotopic (exact) mass is 375 g/mol. The number of carbonyl (C=O) groups is 1. The lowest BCUT2D eigenvalue weighted by atomic mass is 10.0. The van der Waals surface area contributed by atoms with Crippen LogP contribution in [0.25, 0.3) is 11.1 Å². The molecule has 4 nitrogen and oxygen atoms in total. The Hall–Kier alpha value is -2.95. The molecule has 0 saturated carbocycles. The number of hydrogen-bond acceptors (Lipinski definition) is 4. The summed E-state index contributed by atoms with van der Waals surface area (Å²) < 4.78 is 0. The Morgan fingerprint density at radius 2 is 1.46 bits per heavy atom. The van der Waals surface area contributed by atoms with Crippen LogP contribution < -0.4 is 5.32 Å². The Morgan fingerprint density at radius 1 is 0.893 bits per heavy atom. The van der Waals surface area contributed by atoms with Crippen molar-refractivity contribution < 1.29 is 15.0 Å². The standard InChI is InChI=1S/C24H25NO3/c1-17(24(28)21-5-3-2-4-6-21)25-16-15-23(27)20-9-7-18(8-10-20)19-11-13-22(26)14-12-19/h2-14,17,24-26,28H,15-16H2,1H3. The number of carbonyl (C=O) groups excluding carboxylic acids is 1. The topological polar surface area (TPSA) is 69.6 Å². The third kappa shape index (κ3) is 5.06. The molecule has 0 amide bonds. The molecule has 0 fully saturated rings. The Labute approximate surface area is 165 Å². The number of aliphatic hydroxyl groups is 1. The molecule has 3 aromatic rings. The van der Waals surface area contributed by atoms with Crippen molar-refractivity contribution in [1.82, 2.24) is 5.32 Å². The summed E-state index contributed by atoms with van der Waals surface area (Å²) in [4.78, 5) is 12.4. The van der Waals surface area contributed by atoms with Crippen LogP contribution in [0.5, 0.6) is 5.75 Å². The number of Topliss-reactive ketones (excluding diaryl/α,β-unsaturated/α-hetero) is 1. The molecular formula is C24H25NO3. The summed E-state index contributed by atoms with van der Waals surface area (Å²) in [6.45, 7) is 2.41. The van der Waals surface area contributed by atoms with Crippen LogP contribution in [-0.2, 0) is 0 Å². The molecule has 0 spiro atoms. The second-order valence-electron chi connectivity index (χ2n) is 6.90. The highest BCUT2D eigenvalue weighted by atomic mass is 16.3. The van der Waals surface area contributed by atoms with E-state index >= 15 is 0 Å². The zero-order chi connectivity index (χ0) is 19.9. The first kappa shape index (κ1) is 19.8. The van der Waals surface area contributed by atoms with Crippen LogP contribution in [0.1, 0.15) is 35.4 Å². The number of aliphatic hydroxyl groups excluding tert-OH is 1. The number of benzene rings is 3. The zero-order valence-electron chi connectivity index (χ0n) is 15.9. The summed E-state index contributed by atoms with van der Waals surface area (Å²) >= 11 is 0. The van der Waals surface area contributed by atoms with Gasteiger partial charge in [-0.3, -0.25) is 4.79 Å². The SMILES string of the molecule is CC(NCCC(=O)c1ccc(-c2ccc(O)cc2)cc1)C(O)c1ccccc1. The van der Waals surface area contributed by atoms with E-state index in [9.17, 15) is 15.0 Å². The maximum absolute atomic E-state index is 12.4. The Morgan fingerprint density at radius 3 is 2.07 bits per heavy atom. The third-order valence-electron chi connectivity index (χ3n) is 4.84. The Kier molecular flexibility index (Phi) is 6.58. The van der Waals surface area contributed by atoms with Gasteiger partial charge >= 0.3 is 0 Å². The maximum Gasteiger partial charge on any atom is 0.164 e. The molecule has 2 unspecified atom stereocenters. The second kappa shape index (κ2) is 9.31. The van der Waals surface area contributed by atoms with Crippen LogP contribution >= 0.6 is 0 Å². The molecular weight excluding hydrogens is 350 g/mol. The number of nitrogens with one attached hydrogen (secondary N) is 1. The van der Waals surface area contributed by atoms with Crippen molar-refractivity contribution in [2.45, 2.75) is 25.5 Å². The van der Waals surface area contributed by atoms with Crippen LogP contribution in [0.4, 0.5) is 0 Å². The average Bonchev–Trinajstić information content (AvgIpc) is 2.74. The van der Waals surface area contributed by atoms with Crippen molar-refractivity contribution in [2.24, 2.45) is 0 Å². The van der Waals surface area contributed by atoms with Gasteiger partial charge in [0.15, 0.2) is 5.78 Å². The molecule has 3 aromatic carbocycles. The molecule has 0 bridgehead atoms. The van der Waals surface area contributed by atoms with Gasteiger partial charge in [-0.05, 0) is 35.7 Å². The van der Waals surface area contributed by atoms with Crippen LogP contribution in [0, 0.1) is 0 Å². The number of phenolic OH excluding ortho intramolecular Hbond substituents is 1. The largest absolute Gasteiger partial charge is 0.508 e. The number of aromatic hydroxyl groups is 1. The van der Waals surface area contributed by atoms with Crippen molar-refractivity contribution in [1.29, 1.82) is 0 Å². The van der Waals surface area contributed by atoms with Gasteiger partial charge < -0.3 is 15.5 Å². The lowest BCUT2D eigenvalue weighted by molar-refractivity contribution is 0.0972. The van der Waals surface area contributed by atoms with E-state index in [2.05, 4.69) is 5.32 Å². The fraction of sp³-hybridized carbons (Fsp3) is 0.208. The predicted molar refractivity (Wildman–Crippen MR) is 111 cm³/mol. The van der Waals surface area contributed by atoms with E-state index in [1.165, 1.54) is 0 Å². The number of phenols is 1. The van der Waals surface area contributed by atoms with Crippen LogP contribution in [-0.4, -0.2) is 28.6 Å². The van der Waals surface area contributed by atoms with E-state index in [0.717, 1.165) is 16.7 Å². The minimum atomic E-state index is -0.610. The summed E-state index contributed by atoms with van der Waals surface area (Å²) in [5.41, 5.74) is 3.51. The molecule has 3 N–H and O–H groups in total. The molecule has 0 heterocycles. The first-order valence-electron chi connectivity index (χ1n) is 9.43. The van der Waals surface area contributed by atoms with Crippen LogP contribution in [0.2, 0.25) is 0 Å². The Bertz CT molecular complexity index is 889. The number of rotatable bonds is 8. The van der Waals surface area contributed by atoms with Gasteiger partial charge in [-0.2, -0.15) is 0 Å². The van der Waals surface area contributed by atoms with Gasteiger partial charge in [0.1, 0.15) is 5.75 Å². The lowest BCUT2D eigenvalue weighted by Gasteiger charge is -2.20. The van der Waals surface area contributed by atoms with E-state index < -0.39 is 6.10 Å². The number of hydrogen-bond donors (Lipinski definition) is 3. The first-order valence-corrected chi connectivity index (χ1v) is 9.43. The fourth-order valence-corrected chi connectivity index (χ4v) is 3.11. The predicted octanol–water partition coefficient (Wildman–Crippen LogP) is 4.34. The molecule has 144 valence electrons. The molecule has 0 aliphatic rings. The van der Waals surface area contributed by atoms with E-state index in [0.29, 0.717) is 18.5 Å². The van der Waals surface area contributed by atoms with E-state index in [-0.39, 0.29) is 17.6 Å². The minimum absolute atomic E-state index is 0.0613. The highest BCUT2D eigenvalue weighted by Crippen LogP contribution is 2.22. The van der Waals surface area contributed by atoms with Crippen molar-refractivity contribution in [3.05, 3.63) is 90.0 Å². The maximum atomic E-state index is 12.4. The zero-order valence-corrected chi connectivity index (χ0v) is 15.9. The van der Waals surface area contributed by atoms with E-state index in [1.807, 2.05) is 73.7 Å². The molecule has 28 heavy (non-hydrogen) atoms. The van der Waals surface area contributed by atoms with E-state index in [4.69, 9.17) is 0 Å². The summed E-state index contributed by atoms with van der Waals surface area (Å²) in [6.07, 6.45) is -0.245. The van der Waals surface area contributed by atoms with Crippen molar-refractivity contribution in [2.75, 3.05) is 6.54 Å². The average molecular weight is 375 g/mol. The molecule has 2 atom stereocenters. The summed E-state index contributed by atoms with van der Waals surface area (Å²) in [5, 5.41) is 23.0. The van der Waals surface area contributed by atoms with Gasteiger partial charge in [0.2, 0.25) is 0 Å². The van der Waals surface area contributed by atoms with Gasteiger partial charge in [0.25, 0.3) is 0 Å². The smallest absolute Gasteiger partial charge is 0.164 e. The van der Waals surface area contributed by atoms with Crippen molar-refractivity contribution >= 4 is 5.78 Å². The van der Waals surface area contributed by atoms with E-state index in [1.54, 1.807) is 12.1 Å². The summed E-state index contributed by atoms with van der Waals surface area (Å²) in [7, 11) is 0. The van der Waals surface area contributed by atoms with Gasteiger partial charge in [0.05, 0.1) is 6.10 Å². The summed E-state index contributed by atoms with van der Waals surface area (Å²) in [5.74, 6) is 0.292. The van der Waals surface area contributed by atoms with Crippen molar-refractivity contribution in [3.63, 3.8) is 0 Å². The summed E-state index contributed by atoms with van der Waals surface area (Å²) in [6, 6.07) is 23.8. The van der Waals surface area contributed by atoms with Gasteiger partial charge in [-0.1, -0.05) is 66.7 Å². The molecule has 0 aliphatic carbocycles. The Balaban J connectivity index is 1.51. The second-order valence-corrected chi connectivity index (χ2v) is 6.90. The molecule has 0 aromatic heterocycles. The van der Waals surface area contributed by atoms with Crippen molar-refractivity contribution in [3.8, 4) is 16.9 Å². The van der Waals surface area contributed by atoms with Gasteiger partial charge in [-0.15, -0.1) is 0 Å². The molecule has 3 rings (SSSR count). The van der Waals surface area contributed by atoms with Crippen LogP contribution in [0.3, 0.4) is 0 Å². The highest BCUT2D eigenvalue weighted by molar-refractivity contribution is 5.96. The third-order valence-corrected chi connectivity index (χ3v) is 4.84. The fourth-order valence-electron chi connectivity index (χ4n) is 3.11. The molecule has 0 aliphatic heterocycles.